The highest BCUT2D eigenvalue weighted by Crippen LogP contribution is 2.32. The average molecular weight is 350 g/mol. The number of aryl methyl sites for hydroxylation is 2. The Balaban J connectivity index is 2.42. The maximum Gasteiger partial charge on any atom is 0.215 e. The number of ether oxygens (including phenoxy) is 1. The molecule has 0 aromatic heterocycles. The van der Waals surface area contributed by atoms with E-state index in [9.17, 15) is 4.79 Å². The Bertz CT molecular complexity index is 555. The third-order valence-corrected chi connectivity index (χ3v) is 7.98. The summed E-state index contributed by atoms with van der Waals surface area (Å²) in [6.07, 6.45) is 1.97. The van der Waals surface area contributed by atoms with E-state index in [1.165, 1.54) is 16.7 Å². The van der Waals surface area contributed by atoms with Gasteiger partial charge in [-0.1, -0.05) is 34.6 Å². The SMILES string of the molecule is CCc1cc(C(=O)C([S+]2CCOCC2)C(C)(C)C)cc(CC)c1C. The Morgan fingerprint density at radius 1 is 1.12 bits per heavy atom. The van der Waals surface area contributed by atoms with Crippen molar-refractivity contribution in [1.82, 2.24) is 0 Å². The van der Waals surface area contributed by atoms with Crippen molar-refractivity contribution in [2.75, 3.05) is 24.7 Å². The van der Waals surface area contributed by atoms with Crippen LogP contribution in [0.15, 0.2) is 12.1 Å². The fourth-order valence-electron chi connectivity index (χ4n) is 3.68. The van der Waals surface area contributed by atoms with Gasteiger partial charge in [0.25, 0.3) is 0 Å². The Morgan fingerprint density at radius 3 is 2.04 bits per heavy atom. The molecule has 0 bridgehead atoms. The van der Waals surface area contributed by atoms with Gasteiger partial charge >= 0.3 is 0 Å². The van der Waals surface area contributed by atoms with Crippen LogP contribution in [0, 0.1) is 12.3 Å². The predicted octanol–water partition coefficient (Wildman–Crippen LogP) is 4.37. The van der Waals surface area contributed by atoms with Crippen LogP contribution in [0.1, 0.15) is 61.7 Å². The van der Waals surface area contributed by atoms with E-state index >= 15 is 0 Å². The monoisotopic (exact) mass is 349 g/mol. The van der Waals surface area contributed by atoms with Crippen LogP contribution in [-0.4, -0.2) is 35.8 Å². The maximum absolute atomic E-state index is 13.5. The molecule has 0 amide bonds. The second-order valence-electron chi connectivity index (χ2n) is 7.79. The molecular formula is C21H33O2S+. The lowest BCUT2D eigenvalue weighted by atomic mass is 9.85. The van der Waals surface area contributed by atoms with Crippen LogP contribution in [0.4, 0.5) is 0 Å². The Hall–Kier alpha value is -0.800. The van der Waals surface area contributed by atoms with E-state index in [4.69, 9.17) is 4.74 Å². The van der Waals surface area contributed by atoms with Crippen molar-refractivity contribution in [3.8, 4) is 0 Å². The molecule has 0 radical (unpaired) electrons. The molecule has 0 N–H and O–H groups in total. The number of hydrogen-bond donors (Lipinski definition) is 0. The van der Waals surface area contributed by atoms with Crippen molar-refractivity contribution in [2.45, 2.75) is 59.6 Å². The molecule has 0 saturated carbocycles. The zero-order chi connectivity index (χ0) is 17.9. The first-order valence-corrected chi connectivity index (χ1v) is 10.8. The Morgan fingerprint density at radius 2 is 1.62 bits per heavy atom. The molecule has 2 rings (SSSR count). The first kappa shape index (κ1) is 19.5. The van der Waals surface area contributed by atoms with Crippen LogP contribution < -0.4 is 0 Å². The second kappa shape index (κ2) is 8.05. The van der Waals surface area contributed by atoms with Gasteiger partial charge in [-0.05, 0) is 48.6 Å². The van der Waals surface area contributed by atoms with Gasteiger partial charge < -0.3 is 4.74 Å². The van der Waals surface area contributed by atoms with E-state index in [0.29, 0.717) is 5.78 Å². The quantitative estimate of drug-likeness (QED) is 0.583. The molecule has 1 saturated heterocycles. The first-order valence-electron chi connectivity index (χ1n) is 9.20. The van der Waals surface area contributed by atoms with Gasteiger partial charge in [0.05, 0.1) is 13.2 Å². The molecule has 1 aliphatic rings. The fourth-order valence-corrected chi connectivity index (χ4v) is 6.46. The fraction of sp³-hybridized carbons (Fsp3) is 0.667. The number of carbonyl (C=O) groups is 1. The average Bonchev–Trinajstić information content (AvgIpc) is 2.54. The van der Waals surface area contributed by atoms with E-state index in [-0.39, 0.29) is 21.6 Å². The van der Waals surface area contributed by atoms with Crippen molar-refractivity contribution in [1.29, 1.82) is 0 Å². The molecule has 2 nitrogen and oxygen atoms in total. The van der Waals surface area contributed by atoms with E-state index in [0.717, 1.165) is 43.1 Å². The predicted molar refractivity (Wildman–Crippen MR) is 105 cm³/mol. The maximum atomic E-state index is 13.5. The molecule has 24 heavy (non-hydrogen) atoms. The molecule has 134 valence electrons. The highest BCUT2D eigenvalue weighted by Gasteiger charge is 2.46. The third-order valence-electron chi connectivity index (χ3n) is 5.01. The highest BCUT2D eigenvalue weighted by atomic mass is 32.2. The molecular weight excluding hydrogens is 316 g/mol. The van der Waals surface area contributed by atoms with E-state index in [1.54, 1.807) is 0 Å². The molecule has 1 aliphatic heterocycles. The Kier molecular flexibility index (Phi) is 6.55. The molecule has 3 heteroatoms. The van der Waals surface area contributed by atoms with E-state index < -0.39 is 0 Å². The summed E-state index contributed by atoms with van der Waals surface area (Å²) in [4.78, 5) is 13.5. The normalized spacial score (nSPS) is 17.8. The number of Topliss-reactive ketones (excluding diaryl/α,β-unsaturated/α-hetero) is 1. The van der Waals surface area contributed by atoms with Gasteiger partial charge in [-0.2, -0.15) is 0 Å². The summed E-state index contributed by atoms with van der Waals surface area (Å²) in [7, 11) is 0.120. The number of ketones is 1. The van der Waals surface area contributed by atoms with Crippen LogP contribution >= 0.6 is 0 Å². The zero-order valence-corrected chi connectivity index (χ0v) is 17.0. The molecule has 0 spiro atoms. The molecule has 1 aromatic rings. The van der Waals surface area contributed by atoms with Gasteiger partial charge in [0.15, 0.2) is 5.25 Å². The van der Waals surface area contributed by atoms with Crippen molar-refractivity contribution >= 4 is 16.7 Å². The number of hydrogen-bond acceptors (Lipinski definition) is 2. The molecule has 1 atom stereocenters. The minimum absolute atomic E-state index is 0.0127. The molecule has 1 aromatic carbocycles. The third kappa shape index (κ3) is 4.23. The minimum atomic E-state index is -0.0127. The lowest BCUT2D eigenvalue weighted by molar-refractivity contribution is 0.0946. The smallest absolute Gasteiger partial charge is 0.215 e. The van der Waals surface area contributed by atoms with E-state index in [2.05, 4.69) is 53.7 Å². The van der Waals surface area contributed by atoms with Crippen molar-refractivity contribution in [3.63, 3.8) is 0 Å². The molecule has 1 unspecified atom stereocenters. The summed E-state index contributed by atoms with van der Waals surface area (Å²) < 4.78 is 5.53. The van der Waals surface area contributed by atoms with Crippen LogP contribution in [0.2, 0.25) is 0 Å². The number of carbonyl (C=O) groups excluding carboxylic acids is 1. The van der Waals surface area contributed by atoms with Crippen LogP contribution in [0.3, 0.4) is 0 Å². The molecule has 1 fully saturated rings. The van der Waals surface area contributed by atoms with Crippen LogP contribution in [0.25, 0.3) is 0 Å². The second-order valence-corrected chi connectivity index (χ2v) is 10.2. The highest BCUT2D eigenvalue weighted by molar-refractivity contribution is 7.98. The van der Waals surface area contributed by atoms with Crippen molar-refractivity contribution in [2.24, 2.45) is 5.41 Å². The zero-order valence-electron chi connectivity index (χ0n) is 16.2. The largest absolute Gasteiger partial charge is 0.372 e. The topological polar surface area (TPSA) is 26.3 Å². The Labute approximate surface area is 150 Å². The lowest BCUT2D eigenvalue weighted by Gasteiger charge is -2.31. The van der Waals surface area contributed by atoms with E-state index in [1.807, 2.05) is 0 Å². The standard InChI is InChI=1S/C21H33O2S/c1-7-16-13-18(14-17(8-2)15(16)3)19(22)20(21(4,5)6)24-11-9-23-10-12-24/h13-14,20H,7-12H2,1-6H3/q+1. The van der Waals surface area contributed by atoms with Gasteiger partial charge in [-0.15, -0.1) is 0 Å². The molecule has 0 aliphatic carbocycles. The van der Waals surface area contributed by atoms with Crippen molar-refractivity contribution in [3.05, 3.63) is 34.4 Å². The van der Waals surface area contributed by atoms with Crippen LogP contribution in [0.5, 0.6) is 0 Å². The summed E-state index contributed by atoms with van der Waals surface area (Å²) in [6.45, 7) is 14.8. The number of rotatable bonds is 5. The summed E-state index contributed by atoms with van der Waals surface area (Å²) in [6, 6.07) is 4.30. The number of benzene rings is 1. The van der Waals surface area contributed by atoms with Gasteiger partial charge in [-0.25, -0.2) is 0 Å². The van der Waals surface area contributed by atoms with Crippen molar-refractivity contribution < 1.29 is 9.53 Å². The minimum Gasteiger partial charge on any atom is -0.372 e. The lowest BCUT2D eigenvalue weighted by Crippen LogP contribution is -2.47. The van der Waals surface area contributed by atoms with Gasteiger partial charge in [0, 0.05) is 21.9 Å². The summed E-state index contributed by atoms with van der Waals surface area (Å²) >= 11 is 0. The van der Waals surface area contributed by atoms with Crippen LogP contribution in [-0.2, 0) is 28.5 Å². The molecule has 1 heterocycles. The van der Waals surface area contributed by atoms with Gasteiger partial charge in [-0.3, -0.25) is 4.79 Å². The van der Waals surface area contributed by atoms with Gasteiger partial charge in [0.2, 0.25) is 5.78 Å². The summed E-state index contributed by atoms with van der Waals surface area (Å²) in [5.74, 6) is 2.40. The summed E-state index contributed by atoms with van der Waals surface area (Å²) in [5, 5.41) is 0.0959. The first-order chi connectivity index (χ1) is 11.3. The summed E-state index contributed by atoms with van der Waals surface area (Å²) in [5.41, 5.74) is 4.91. The van der Waals surface area contributed by atoms with Gasteiger partial charge in [0.1, 0.15) is 11.5 Å².